The fourth-order valence-electron chi connectivity index (χ4n) is 1.26. The minimum absolute atomic E-state index is 0.348. The molecule has 0 unspecified atom stereocenters. The molecule has 2 heterocycles. The lowest BCUT2D eigenvalue weighted by Crippen LogP contribution is -2.05. The highest BCUT2D eigenvalue weighted by Crippen LogP contribution is 2.12. The van der Waals surface area contributed by atoms with Crippen LogP contribution >= 0.6 is 0 Å². The van der Waals surface area contributed by atoms with Crippen LogP contribution in [-0.4, -0.2) is 14.5 Å². The fourth-order valence-corrected chi connectivity index (χ4v) is 1.26. The molecule has 4 nitrogen and oxygen atoms in total. The summed E-state index contributed by atoms with van der Waals surface area (Å²) in [7, 11) is 1.90. The molecule has 0 fully saturated rings. The van der Waals surface area contributed by atoms with Gasteiger partial charge in [0.2, 0.25) is 0 Å². The summed E-state index contributed by atoms with van der Waals surface area (Å²) in [5.41, 5.74) is 1.44. The van der Waals surface area contributed by atoms with Gasteiger partial charge in [-0.2, -0.15) is 0 Å². The van der Waals surface area contributed by atoms with Crippen molar-refractivity contribution in [3.63, 3.8) is 0 Å². The topological polar surface area (TPSA) is 42.7 Å². The van der Waals surface area contributed by atoms with Gasteiger partial charge < -0.3 is 9.88 Å². The first kappa shape index (κ1) is 9.64. The Hall–Kier alpha value is -1.91. The number of halogens is 1. The predicted molar refractivity (Wildman–Crippen MR) is 54.7 cm³/mol. The Morgan fingerprint density at radius 3 is 2.93 bits per heavy atom. The first-order chi connectivity index (χ1) is 7.27. The average molecular weight is 206 g/mol. The SMILES string of the molecule is Cn1cncc1CNc1ccncc1F. The molecule has 78 valence electrons. The van der Waals surface area contributed by atoms with E-state index in [-0.39, 0.29) is 5.82 Å². The van der Waals surface area contributed by atoms with Crippen molar-refractivity contribution in [2.75, 3.05) is 5.32 Å². The molecule has 2 aromatic heterocycles. The standard InChI is InChI=1S/C10H11FN4/c1-15-7-13-4-8(15)5-14-10-2-3-12-6-9(10)11/h2-4,6-7H,5H2,1H3,(H,12,14). The zero-order valence-electron chi connectivity index (χ0n) is 8.31. The van der Waals surface area contributed by atoms with Crippen LogP contribution in [-0.2, 0) is 13.6 Å². The lowest BCUT2D eigenvalue weighted by atomic mass is 10.3. The molecule has 0 atom stereocenters. The maximum Gasteiger partial charge on any atom is 0.164 e. The molecule has 0 radical (unpaired) electrons. The molecule has 1 N–H and O–H groups in total. The van der Waals surface area contributed by atoms with Crippen molar-refractivity contribution in [2.24, 2.45) is 7.05 Å². The number of hydrogen-bond donors (Lipinski definition) is 1. The summed E-state index contributed by atoms with van der Waals surface area (Å²) in [5, 5.41) is 2.98. The van der Waals surface area contributed by atoms with Gasteiger partial charge in [-0.1, -0.05) is 0 Å². The lowest BCUT2D eigenvalue weighted by Gasteiger charge is -2.06. The number of nitrogens with zero attached hydrogens (tertiary/aromatic N) is 3. The van der Waals surface area contributed by atoms with Crippen LogP contribution in [0.2, 0.25) is 0 Å². The number of nitrogens with one attached hydrogen (secondary N) is 1. The second-order valence-corrected chi connectivity index (χ2v) is 3.20. The molecule has 0 aromatic carbocycles. The van der Waals surface area contributed by atoms with Crippen molar-refractivity contribution >= 4 is 5.69 Å². The van der Waals surface area contributed by atoms with E-state index in [1.54, 1.807) is 24.8 Å². The van der Waals surface area contributed by atoms with E-state index < -0.39 is 0 Å². The van der Waals surface area contributed by atoms with Gasteiger partial charge in [-0.3, -0.25) is 4.98 Å². The van der Waals surface area contributed by atoms with Gasteiger partial charge in [-0.05, 0) is 6.07 Å². The van der Waals surface area contributed by atoms with E-state index in [1.165, 1.54) is 6.20 Å². The molecule has 15 heavy (non-hydrogen) atoms. The Bertz CT molecular complexity index is 452. The van der Waals surface area contributed by atoms with Crippen LogP contribution in [0.1, 0.15) is 5.69 Å². The van der Waals surface area contributed by atoms with E-state index >= 15 is 0 Å². The number of anilines is 1. The van der Waals surface area contributed by atoms with Gasteiger partial charge in [0, 0.05) is 19.4 Å². The number of hydrogen-bond acceptors (Lipinski definition) is 3. The van der Waals surface area contributed by atoms with Crippen molar-refractivity contribution in [1.29, 1.82) is 0 Å². The van der Waals surface area contributed by atoms with Crippen LogP contribution in [0.3, 0.4) is 0 Å². The maximum atomic E-state index is 13.2. The molecule has 0 aliphatic heterocycles. The Labute approximate surface area is 86.8 Å². The highest BCUT2D eigenvalue weighted by Gasteiger charge is 2.02. The zero-order valence-corrected chi connectivity index (χ0v) is 8.31. The Balaban J connectivity index is 2.06. The quantitative estimate of drug-likeness (QED) is 0.828. The van der Waals surface area contributed by atoms with Crippen LogP contribution in [0.5, 0.6) is 0 Å². The molecule has 0 spiro atoms. The maximum absolute atomic E-state index is 13.2. The fraction of sp³-hybridized carbons (Fsp3) is 0.200. The zero-order chi connectivity index (χ0) is 10.7. The van der Waals surface area contributed by atoms with Gasteiger partial charge in [0.05, 0.1) is 30.5 Å². The minimum Gasteiger partial charge on any atom is -0.377 e. The van der Waals surface area contributed by atoms with Gasteiger partial charge in [-0.15, -0.1) is 0 Å². The van der Waals surface area contributed by atoms with Crippen molar-refractivity contribution in [3.05, 3.63) is 42.5 Å². The summed E-state index contributed by atoms with van der Waals surface area (Å²) in [4.78, 5) is 7.65. The monoisotopic (exact) mass is 206 g/mol. The predicted octanol–water partition coefficient (Wildman–Crippen LogP) is 1.57. The van der Waals surface area contributed by atoms with E-state index in [9.17, 15) is 4.39 Å². The number of rotatable bonds is 3. The molecular formula is C10H11FN4. The normalized spacial score (nSPS) is 10.3. The first-order valence-corrected chi connectivity index (χ1v) is 4.56. The summed E-state index contributed by atoms with van der Waals surface area (Å²) < 4.78 is 15.1. The molecule has 0 amide bonds. The molecule has 2 rings (SSSR count). The number of aromatic nitrogens is 3. The lowest BCUT2D eigenvalue weighted by molar-refractivity contribution is 0.623. The average Bonchev–Trinajstić information content (AvgIpc) is 2.63. The van der Waals surface area contributed by atoms with E-state index in [2.05, 4.69) is 15.3 Å². The van der Waals surface area contributed by atoms with Gasteiger partial charge >= 0.3 is 0 Å². The van der Waals surface area contributed by atoms with E-state index in [1.807, 2.05) is 11.6 Å². The minimum atomic E-state index is -0.348. The van der Waals surface area contributed by atoms with Crippen molar-refractivity contribution in [2.45, 2.75) is 6.54 Å². The van der Waals surface area contributed by atoms with Crippen LogP contribution < -0.4 is 5.32 Å². The van der Waals surface area contributed by atoms with E-state index in [0.717, 1.165) is 5.69 Å². The highest BCUT2D eigenvalue weighted by atomic mass is 19.1. The van der Waals surface area contributed by atoms with Gasteiger partial charge in [0.15, 0.2) is 5.82 Å². The number of imidazole rings is 1. The third-order valence-electron chi connectivity index (χ3n) is 2.15. The summed E-state index contributed by atoms with van der Waals surface area (Å²) >= 11 is 0. The smallest absolute Gasteiger partial charge is 0.164 e. The summed E-state index contributed by atoms with van der Waals surface area (Å²) in [6, 6.07) is 1.60. The molecule has 0 aliphatic rings. The third kappa shape index (κ3) is 2.12. The molecule has 0 bridgehead atoms. The van der Waals surface area contributed by atoms with E-state index in [4.69, 9.17) is 0 Å². The van der Waals surface area contributed by atoms with Gasteiger partial charge in [0.25, 0.3) is 0 Å². The molecular weight excluding hydrogens is 195 g/mol. The van der Waals surface area contributed by atoms with Gasteiger partial charge in [-0.25, -0.2) is 9.37 Å². The van der Waals surface area contributed by atoms with Crippen LogP contribution in [0.15, 0.2) is 31.0 Å². The second kappa shape index (κ2) is 4.08. The summed E-state index contributed by atoms with van der Waals surface area (Å²) in [5.74, 6) is -0.348. The Morgan fingerprint density at radius 1 is 1.40 bits per heavy atom. The summed E-state index contributed by atoms with van der Waals surface area (Å²) in [6.07, 6.45) is 6.19. The number of aryl methyl sites for hydroxylation is 1. The van der Waals surface area contributed by atoms with E-state index in [0.29, 0.717) is 12.2 Å². The molecule has 0 aliphatic carbocycles. The third-order valence-corrected chi connectivity index (χ3v) is 2.15. The number of pyridine rings is 1. The molecule has 2 aromatic rings. The van der Waals surface area contributed by atoms with Crippen LogP contribution in [0.25, 0.3) is 0 Å². The first-order valence-electron chi connectivity index (χ1n) is 4.56. The van der Waals surface area contributed by atoms with Crippen molar-refractivity contribution in [3.8, 4) is 0 Å². The van der Waals surface area contributed by atoms with Crippen LogP contribution in [0.4, 0.5) is 10.1 Å². The summed E-state index contributed by atoms with van der Waals surface area (Å²) in [6.45, 7) is 0.539. The Morgan fingerprint density at radius 2 is 2.27 bits per heavy atom. The molecule has 5 heteroatoms. The largest absolute Gasteiger partial charge is 0.377 e. The van der Waals surface area contributed by atoms with Crippen molar-refractivity contribution in [1.82, 2.24) is 14.5 Å². The van der Waals surface area contributed by atoms with Gasteiger partial charge in [0.1, 0.15) is 0 Å². The molecule has 0 saturated heterocycles. The van der Waals surface area contributed by atoms with Crippen LogP contribution in [0, 0.1) is 5.82 Å². The highest BCUT2D eigenvalue weighted by molar-refractivity contribution is 5.42. The Kier molecular flexibility index (Phi) is 2.62. The molecule has 0 saturated carbocycles. The van der Waals surface area contributed by atoms with Crippen molar-refractivity contribution < 1.29 is 4.39 Å². The second-order valence-electron chi connectivity index (χ2n) is 3.20.